The molecule has 0 aliphatic carbocycles. The Balaban J connectivity index is 2.31. The second kappa shape index (κ2) is 8.33. The maximum atomic E-state index is 12.7. The fourth-order valence-corrected chi connectivity index (χ4v) is 3.73. The summed E-state index contributed by atoms with van der Waals surface area (Å²) < 4.78 is 27.9. The van der Waals surface area contributed by atoms with Crippen molar-refractivity contribution in [2.24, 2.45) is 0 Å². The van der Waals surface area contributed by atoms with Crippen molar-refractivity contribution in [3.8, 4) is 0 Å². The number of sulfonamides is 1. The van der Waals surface area contributed by atoms with Gasteiger partial charge in [-0.2, -0.15) is 0 Å². The Bertz CT molecular complexity index is 866. The first-order valence-corrected chi connectivity index (χ1v) is 9.94. The summed E-state index contributed by atoms with van der Waals surface area (Å²) in [6, 6.07) is 12.9. The number of carboxylic acid groups (broad SMARTS) is 1. The molecule has 0 aliphatic rings. The Hall–Kier alpha value is -2.38. The number of carboxylic acids is 1. The molecular formula is C19H24N2O4S. The second-order valence-electron chi connectivity index (χ2n) is 6.22. The number of nitrogens with one attached hydrogen (secondary N) is 2. The summed E-state index contributed by atoms with van der Waals surface area (Å²) in [6.45, 7) is 5.65. The molecule has 0 radical (unpaired) electrons. The van der Waals surface area contributed by atoms with Gasteiger partial charge in [-0.15, -0.1) is 0 Å². The summed E-state index contributed by atoms with van der Waals surface area (Å²) in [5.74, 6) is -1.18. The minimum Gasteiger partial charge on any atom is -0.478 e. The minimum absolute atomic E-state index is 0.0689. The van der Waals surface area contributed by atoms with Crippen LogP contribution >= 0.6 is 0 Å². The molecule has 0 aromatic heterocycles. The molecule has 0 aliphatic heterocycles. The Morgan fingerprint density at radius 3 is 2.35 bits per heavy atom. The van der Waals surface area contributed by atoms with Crippen molar-refractivity contribution in [3.63, 3.8) is 0 Å². The molecule has 0 heterocycles. The fourth-order valence-electron chi connectivity index (χ4n) is 2.47. The van der Waals surface area contributed by atoms with E-state index in [4.69, 9.17) is 0 Å². The average molecular weight is 376 g/mol. The summed E-state index contributed by atoms with van der Waals surface area (Å²) in [5, 5.41) is 12.5. The summed E-state index contributed by atoms with van der Waals surface area (Å²) in [4.78, 5) is 11.5. The third-order valence-corrected chi connectivity index (χ3v) is 5.72. The molecule has 2 atom stereocenters. The summed E-state index contributed by atoms with van der Waals surface area (Å²) in [7, 11) is -3.86. The normalized spacial score (nSPS) is 13.8. The van der Waals surface area contributed by atoms with Crippen LogP contribution in [0.15, 0.2) is 53.4 Å². The monoisotopic (exact) mass is 376 g/mol. The lowest BCUT2D eigenvalue weighted by molar-refractivity contribution is 0.0697. The Kier molecular flexibility index (Phi) is 6.39. The van der Waals surface area contributed by atoms with Crippen molar-refractivity contribution in [2.45, 2.75) is 44.2 Å². The van der Waals surface area contributed by atoms with Crippen molar-refractivity contribution in [1.82, 2.24) is 4.72 Å². The van der Waals surface area contributed by atoms with E-state index in [0.717, 1.165) is 12.0 Å². The Morgan fingerprint density at radius 2 is 1.77 bits per heavy atom. The molecule has 2 aromatic rings. The van der Waals surface area contributed by atoms with E-state index < -0.39 is 22.0 Å². The van der Waals surface area contributed by atoms with Crippen LogP contribution in [0.3, 0.4) is 0 Å². The lowest BCUT2D eigenvalue weighted by atomic mass is 10.1. The lowest BCUT2D eigenvalue weighted by Crippen LogP contribution is -2.27. The van der Waals surface area contributed by atoms with Crippen LogP contribution in [-0.2, 0) is 10.0 Å². The molecular weight excluding hydrogens is 352 g/mol. The molecule has 2 rings (SSSR count). The van der Waals surface area contributed by atoms with Gasteiger partial charge >= 0.3 is 5.97 Å². The van der Waals surface area contributed by atoms with Crippen molar-refractivity contribution in [1.29, 1.82) is 0 Å². The summed E-state index contributed by atoms with van der Waals surface area (Å²) in [5.41, 5.74) is 1.16. The molecule has 0 bridgehead atoms. The number of rotatable bonds is 8. The number of anilines is 1. The van der Waals surface area contributed by atoms with Gasteiger partial charge in [0.25, 0.3) is 0 Å². The van der Waals surface area contributed by atoms with Crippen LogP contribution in [0.25, 0.3) is 0 Å². The topological polar surface area (TPSA) is 95.5 Å². The smallest absolute Gasteiger partial charge is 0.337 e. The van der Waals surface area contributed by atoms with Crippen molar-refractivity contribution in [3.05, 3.63) is 59.7 Å². The van der Waals surface area contributed by atoms with Crippen LogP contribution in [0.5, 0.6) is 0 Å². The molecule has 0 amide bonds. The number of aromatic carboxylic acids is 1. The molecule has 7 heteroatoms. The van der Waals surface area contributed by atoms with Crippen LogP contribution in [0.4, 0.5) is 5.69 Å². The van der Waals surface area contributed by atoms with Crippen LogP contribution < -0.4 is 10.0 Å². The molecule has 6 nitrogen and oxygen atoms in total. The summed E-state index contributed by atoms with van der Waals surface area (Å²) >= 11 is 0. The molecule has 0 saturated heterocycles. The highest BCUT2D eigenvalue weighted by Gasteiger charge is 2.22. The van der Waals surface area contributed by atoms with Gasteiger partial charge in [-0.05, 0) is 44.0 Å². The van der Waals surface area contributed by atoms with E-state index in [0.29, 0.717) is 5.69 Å². The third-order valence-electron chi connectivity index (χ3n) is 4.18. The fraction of sp³-hybridized carbons (Fsp3) is 0.316. The number of hydrogen-bond donors (Lipinski definition) is 3. The molecule has 26 heavy (non-hydrogen) atoms. The zero-order valence-corrected chi connectivity index (χ0v) is 15.9. The number of hydrogen-bond acceptors (Lipinski definition) is 4. The quantitative estimate of drug-likeness (QED) is 0.654. The van der Waals surface area contributed by atoms with Gasteiger partial charge in [0.2, 0.25) is 10.0 Å². The summed E-state index contributed by atoms with van der Waals surface area (Å²) in [6.07, 6.45) is 0.815. The zero-order valence-electron chi connectivity index (χ0n) is 15.1. The average Bonchev–Trinajstić information content (AvgIpc) is 2.61. The van der Waals surface area contributed by atoms with Crippen LogP contribution in [-0.4, -0.2) is 25.5 Å². The van der Waals surface area contributed by atoms with E-state index in [1.165, 1.54) is 18.2 Å². The van der Waals surface area contributed by atoms with Crippen molar-refractivity contribution < 1.29 is 18.3 Å². The predicted octanol–water partition coefficient (Wildman–Crippen LogP) is 3.63. The highest BCUT2D eigenvalue weighted by atomic mass is 32.2. The first-order valence-electron chi connectivity index (χ1n) is 8.45. The van der Waals surface area contributed by atoms with E-state index in [1.54, 1.807) is 6.92 Å². The maximum Gasteiger partial charge on any atom is 0.337 e. The van der Waals surface area contributed by atoms with E-state index in [2.05, 4.69) is 10.0 Å². The molecule has 2 aromatic carbocycles. The highest BCUT2D eigenvalue weighted by molar-refractivity contribution is 7.89. The molecule has 3 N–H and O–H groups in total. The van der Waals surface area contributed by atoms with Gasteiger partial charge in [0, 0.05) is 17.8 Å². The van der Waals surface area contributed by atoms with Gasteiger partial charge < -0.3 is 10.4 Å². The second-order valence-corrected chi connectivity index (χ2v) is 7.93. The first kappa shape index (κ1) is 19.9. The highest BCUT2D eigenvalue weighted by Crippen LogP contribution is 2.23. The SMILES string of the molecule is CC[C@H](C)Nc1ccc(S(=O)(=O)N[C@@H](C)c2ccccc2)cc1C(=O)O. The third kappa shape index (κ3) is 4.83. The minimum atomic E-state index is -3.86. The molecule has 0 spiro atoms. The van der Waals surface area contributed by atoms with E-state index in [1.807, 2.05) is 44.2 Å². The predicted molar refractivity (Wildman–Crippen MR) is 102 cm³/mol. The lowest BCUT2D eigenvalue weighted by Gasteiger charge is -2.18. The Labute approximate surface area is 154 Å². The standard InChI is InChI=1S/C19H24N2O4S/c1-4-13(2)20-18-11-10-16(12-17(18)19(22)23)26(24,25)21-14(3)15-8-6-5-7-9-15/h5-14,20-21H,4H2,1-3H3,(H,22,23)/t13-,14-/m0/s1. The molecule has 0 fully saturated rings. The van der Waals surface area contributed by atoms with Crippen LogP contribution in [0, 0.1) is 0 Å². The van der Waals surface area contributed by atoms with E-state index in [9.17, 15) is 18.3 Å². The van der Waals surface area contributed by atoms with E-state index in [-0.39, 0.29) is 16.5 Å². The first-order chi connectivity index (χ1) is 12.2. The van der Waals surface area contributed by atoms with Gasteiger partial charge in [-0.3, -0.25) is 0 Å². The van der Waals surface area contributed by atoms with Gasteiger partial charge in [-0.1, -0.05) is 37.3 Å². The maximum absolute atomic E-state index is 12.7. The number of benzene rings is 2. The molecule has 0 unspecified atom stereocenters. The van der Waals surface area contributed by atoms with Crippen LogP contribution in [0.2, 0.25) is 0 Å². The van der Waals surface area contributed by atoms with Gasteiger partial charge in [0.05, 0.1) is 10.5 Å². The Morgan fingerprint density at radius 1 is 1.12 bits per heavy atom. The van der Waals surface area contributed by atoms with Gasteiger partial charge in [0.1, 0.15) is 0 Å². The number of carbonyl (C=O) groups is 1. The molecule has 0 saturated carbocycles. The van der Waals surface area contributed by atoms with Crippen molar-refractivity contribution in [2.75, 3.05) is 5.32 Å². The van der Waals surface area contributed by atoms with E-state index >= 15 is 0 Å². The van der Waals surface area contributed by atoms with Gasteiger partial charge in [0.15, 0.2) is 0 Å². The van der Waals surface area contributed by atoms with Gasteiger partial charge in [-0.25, -0.2) is 17.9 Å². The van der Waals surface area contributed by atoms with Crippen LogP contribution in [0.1, 0.15) is 49.2 Å². The largest absolute Gasteiger partial charge is 0.478 e. The zero-order chi connectivity index (χ0) is 19.3. The molecule has 140 valence electrons. The van der Waals surface area contributed by atoms with Crippen molar-refractivity contribution >= 4 is 21.7 Å².